The van der Waals surface area contributed by atoms with E-state index in [1.54, 1.807) is 36.4 Å². The molecule has 0 aliphatic rings. The number of anilines is 1. The normalized spacial score (nSPS) is 10.1. The highest BCUT2D eigenvalue weighted by molar-refractivity contribution is 6.44. The molecular weight excluding hydrogens is 313 g/mol. The second-order valence-electron chi connectivity index (χ2n) is 4.10. The molecule has 0 fully saturated rings. The van der Waals surface area contributed by atoms with E-state index in [0.29, 0.717) is 27.8 Å². The summed E-state index contributed by atoms with van der Waals surface area (Å²) in [7, 11) is 2.98. The van der Waals surface area contributed by atoms with Crippen LogP contribution in [0.5, 0.6) is 11.5 Å². The summed E-state index contributed by atoms with van der Waals surface area (Å²) in [5, 5.41) is 3.36. The third-order valence-corrected chi connectivity index (χ3v) is 3.67. The number of halogens is 2. The van der Waals surface area contributed by atoms with E-state index < -0.39 is 0 Å². The molecule has 0 aromatic heterocycles. The number of hydrogen-bond acceptors (Lipinski definition) is 3. The fourth-order valence-electron chi connectivity index (χ4n) is 1.86. The van der Waals surface area contributed by atoms with Crippen molar-refractivity contribution in [3.63, 3.8) is 0 Å². The van der Waals surface area contributed by atoms with Gasteiger partial charge in [0.15, 0.2) is 11.5 Å². The van der Waals surface area contributed by atoms with Gasteiger partial charge in [-0.15, -0.1) is 0 Å². The Bertz CT molecular complexity index is 674. The topological polar surface area (TPSA) is 47.6 Å². The first-order valence-corrected chi connectivity index (χ1v) is 6.80. The van der Waals surface area contributed by atoms with Gasteiger partial charge in [0.05, 0.1) is 35.5 Å². The Hall–Kier alpha value is -1.91. The summed E-state index contributed by atoms with van der Waals surface area (Å²) < 4.78 is 10.4. The highest BCUT2D eigenvalue weighted by Gasteiger charge is 2.17. The van der Waals surface area contributed by atoms with Gasteiger partial charge in [0, 0.05) is 0 Å². The Labute approximate surface area is 132 Å². The Morgan fingerprint density at radius 3 is 2.43 bits per heavy atom. The van der Waals surface area contributed by atoms with Gasteiger partial charge >= 0.3 is 0 Å². The molecule has 2 rings (SSSR count). The van der Waals surface area contributed by atoms with Gasteiger partial charge in [-0.1, -0.05) is 35.3 Å². The fourth-order valence-corrected chi connectivity index (χ4v) is 2.20. The van der Waals surface area contributed by atoms with Crippen molar-refractivity contribution < 1.29 is 14.3 Å². The summed E-state index contributed by atoms with van der Waals surface area (Å²) >= 11 is 12.0. The SMILES string of the molecule is COc1cccc(C(=O)Nc2cccc(Cl)c2Cl)c1OC. The summed E-state index contributed by atoms with van der Waals surface area (Å²) in [5.41, 5.74) is 0.770. The molecule has 1 N–H and O–H groups in total. The van der Waals surface area contributed by atoms with Gasteiger partial charge in [-0.3, -0.25) is 4.79 Å². The maximum absolute atomic E-state index is 12.4. The van der Waals surface area contributed by atoms with Crippen LogP contribution in [-0.4, -0.2) is 20.1 Å². The number of carbonyl (C=O) groups excluding carboxylic acids is 1. The molecule has 2 aromatic rings. The number of methoxy groups -OCH3 is 2. The van der Waals surface area contributed by atoms with Gasteiger partial charge in [-0.05, 0) is 24.3 Å². The smallest absolute Gasteiger partial charge is 0.259 e. The maximum Gasteiger partial charge on any atom is 0.259 e. The summed E-state index contributed by atoms with van der Waals surface area (Å²) in [4.78, 5) is 12.4. The van der Waals surface area contributed by atoms with Crippen molar-refractivity contribution >= 4 is 34.8 Å². The van der Waals surface area contributed by atoms with Crippen LogP contribution < -0.4 is 14.8 Å². The molecule has 0 heterocycles. The first kappa shape index (κ1) is 15.5. The van der Waals surface area contributed by atoms with Gasteiger partial charge in [0.2, 0.25) is 0 Å². The molecule has 0 aliphatic heterocycles. The number of carbonyl (C=O) groups is 1. The number of para-hydroxylation sites is 1. The molecule has 0 spiro atoms. The number of amides is 1. The van der Waals surface area contributed by atoms with E-state index in [2.05, 4.69) is 5.32 Å². The quantitative estimate of drug-likeness (QED) is 0.913. The minimum Gasteiger partial charge on any atom is -0.493 e. The molecule has 0 saturated carbocycles. The van der Waals surface area contributed by atoms with Gasteiger partial charge in [0.25, 0.3) is 5.91 Å². The third-order valence-electron chi connectivity index (χ3n) is 2.85. The third kappa shape index (κ3) is 3.23. The molecule has 0 saturated heterocycles. The second kappa shape index (κ2) is 6.70. The molecule has 110 valence electrons. The van der Waals surface area contributed by atoms with Crippen molar-refractivity contribution in [3.05, 3.63) is 52.0 Å². The van der Waals surface area contributed by atoms with Crippen LogP contribution in [0.3, 0.4) is 0 Å². The standard InChI is InChI=1S/C15H13Cl2NO3/c1-20-12-8-3-5-9(14(12)21-2)15(19)18-11-7-4-6-10(16)13(11)17/h3-8H,1-2H3,(H,18,19). The predicted octanol–water partition coefficient (Wildman–Crippen LogP) is 4.26. The molecule has 4 nitrogen and oxygen atoms in total. The zero-order valence-corrected chi connectivity index (χ0v) is 13.0. The van der Waals surface area contributed by atoms with E-state index in [0.717, 1.165) is 0 Å². The van der Waals surface area contributed by atoms with E-state index in [4.69, 9.17) is 32.7 Å². The van der Waals surface area contributed by atoms with Crippen molar-refractivity contribution in [1.82, 2.24) is 0 Å². The van der Waals surface area contributed by atoms with E-state index in [1.807, 2.05) is 0 Å². The first-order chi connectivity index (χ1) is 10.1. The Morgan fingerprint density at radius 2 is 1.76 bits per heavy atom. The average molecular weight is 326 g/mol. The minimum absolute atomic E-state index is 0.286. The molecule has 0 atom stereocenters. The first-order valence-electron chi connectivity index (χ1n) is 6.04. The number of benzene rings is 2. The Kier molecular flexibility index (Phi) is 4.94. The van der Waals surface area contributed by atoms with Crippen LogP contribution in [0.2, 0.25) is 10.0 Å². The van der Waals surface area contributed by atoms with Gasteiger partial charge < -0.3 is 14.8 Å². The van der Waals surface area contributed by atoms with Crippen molar-refractivity contribution in [2.45, 2.75) is 0 Å². The van der Waals surface area contributed by atoms with Crippen LogP contribution in [0.4, 0.5) is 5.69 Å². The Balaban J connectivity index is 2.35. The zero-order valence-electron chi connectivity index (χ0n) is 11.4. The maximum atomic E-state index is 12.4. The van der Waals surface area contributed by atoms with Crippen LogP contribution in [0.1, 0.15) is 10.4 Å². The summed E-state index contributed by atoms with van der Waals surface area (Å²) in [6.45, 7) is 0. The lowest BCUT2D eigenvalue weighted by molar-refractivity contribution is 0.102. The molecule has 1 amide bonds. The van der Waals surface area contributed by atoms with E-state index >= 15 is 0 Å². The molecule has 0 bridgehead atoms. The van der Waals surface area contributed by atoms with Crippen LogP contribution in [0.25, 0.3) is 0 Å². The molecule has 2 aromatic carbocycles. The van der Waals surface area contributed by atoms with Crippen LogP contribution in [-0.2, 0) is 0 Å². The molecule has 21 heavy (non-hydrogen) atoms. The largest absolute Gasteiger partial charge is 0.493 e. The van der Waals surface area contributed by atoms with Crippen LogP contribution >= 0.6 is 23.2 Å². The lowest BCUT2D eigenvalue weighted by Gasteiger charge is -2.13. The molecule has 0 aliphatic carbocycles. The summed E-state index contributed by atoms with van der Waals surface area (Å²) in [5.74, 6) is 0.466. The van der Waals surface area contributed by atoms with Gasteiger partial charge in [-0.25, -0.2) is 0 Å². The van der Waals surface area contributed by atoms with Crippen molar-refractivity contribution in [2.75, 3.05) is 19.5 Å². The second-order valence-corrected chi connectivity index (χ2v) is 4.88. The molecule has 6 heteroatoms. The fraction of sp³-hybridized carbons (Fsp3) is 0.133. The zero-order chi connectivity index (χ0) is 15.4. The van der Waals surface area contributed by atoms with E-state index in [1.165, 1.54) is 14.2 Å². The number of hydrogen-bond donors (Lipinski definition) is 1. The lowest BCUT2D eigenvalue weighted by atomic mass is 10.1. The summed E-state index contributed by atoms with van der Waals surface area (Å²) in [6.07, 6.45) is 0. The Morgan fingerprint density at radius 1 is 1.05 bits per heavy atom. The minimum atomic E-state index is -0.366. The van der Waals surface area contributed by atoms with Crippen LogP contribution in [0, 0.1) is 0 Å². The van der Waals surface area contributed by atoms with Gasteiger partial charge in [-0.2, -0.15) is 0 Å². The van der Waals surface area contributed by atoms with Crippen LogP contribution in [0.15, 0.2) is 36.4 Å². The lowest BCUT2D eigenvalue weighted by Crippen LogP contribution is -2.14. The van der Waals surface area contributed by atoms with E-state index in [-0.39, 0.29) is 10.9 Å². The van der Waals surface area contributed by atoms with E-state index in [9.17, 15) is 4.79 Å². The highest BCUT2D eigenvalue weighted by Crippen LogP contribution is 2.33. The monoisotopic (exact) mass is 325 g/mol. The number of nitrogens with one attached hydrogen (secondary N) is 1. The average Bonchev–Trinajstić information content (AvgIpc) is 2.50. The summed E-state index contributed by atoms with van der Waals surface area (Å²) in [6, 6.07) is 10.1. The predicted molar refractivity (Wildman–Crippen MR) is 84.0 cm³/mol. The number of rotatable bonds is 4. The number of ether oxygens (including phenoxy) is 2. The molecule has 0 unspecified atom stereocenters. The van der Waals surface area contributed by atoms with Crippen molar-refractivity contribution in [3.8, 4) is 11.5 Å². The van der Waals surface area contributed by atoms with Crippen molar-refractivity contribution in [1.29, 1.82) is 0 Å². The molecule has 0 radical (unpaired) electrons. The highest BCUT2D eigenvalue weighted by atomic mass is 35.5. The van der Waals surface area contributed by atoms with Crippen molar-refractivity contribution in [2.24, 2.45) is 0 Å². The van der Waals surface area contributed by atoms with Gasteiger partial charge in [0.1, 0.15) is 0 Å². The molecular formula is C15H13Cl2NO3.